The third kappa shape index (κ3) is 4.28. The lowest BCUT2D eigenvalue weighted by atomic mass is 9.92. The van der Waals surface area contributed by atoms with Crippen LogP contribution in [0.3, 0.4) is 0 Å². The van der Waals surface area contributed by atoms with Gasteiger partial charge in [-0.25, -0.2) is 4.39 Å². The van der Waals surface area contributed by atoms with Crippen LogP contribution in [0.25, 0.3) is 10.9 Å². The Morgan fingerprint density at radius 2 is 1.42 bits per heavy atom. The van der Waals surface area contributed by atoms with E-state index in [1.165, 1.54) is 33.3 Å². The Morgan fingerprint density at radius 3 is 2.09 bits per heavy atom. The molecule has 0 radical (unpaired) electrons. The van der Waals surface area contributed by atoms with Crippen LogP contribution in [0.1, 0.15) is 48.2 Å². The number of fused-ring (bicyclic) bond motifs is 1. The Bertz CT molecular complexity index is 1220. The minimum atomic E-state index is -0.183. The summed E-state index contributed by atoms with van der Waals surface area (Å²) in [5, 5.41) is 1.30. The van der Waals surface area contributed by atoms with Crippen LogP contribution < -0.4 is 4.90 Å². The molecule has 4 heteroatoms. The van der Waals surface area contributed by atoms with Crippen molar-refractivity contribution >= 4 is 16.6 Å². The SMILES string of the molecule is Cc1[nH]c2ccccc2c1[C@H](c1ccc(C(C)C)cc1)N1CCN(c2ccc(F)cc2)CC1. The Hall–Kier alpha value is -3.11. The number of hydrogen-bond acceptors (Lipinski definition) is 2. The molecule has 2 heterocycles. The molecular weight excluding hydrogens is 409 g/mol. The van der Waals surface area contributed by atoms with E-state index in [0.29, 0.717) is 5.92 Å². The molecule has 3 aromatic carbocycles. The van der Waals surface area contributed by atoms with Gasteiger partial charge in [-0.05, 0) is 54.3 Å². The van der Waals surface area contributed by atoms with E-state index in [4.69, 9.17) is 0 Å². The maximum atomic E-state index is 13.4. The zero-order chi connectivity index (χ0) is 22.9. The lowest BCUT2D eigenvalue weighted by Crippen LogP contribution is -2.48. The van der Waals surface area contributed by atoms with Gasteiger partial charge in [0.2, 0.25) is 0 Å². The maximum Gasteiger partial charge on any atom is 0.123 e. The number of halogens is 1. The fourth-order valence-electron chi connectivity index (χ4n) is 5.16. The zero-order valence-corrected chi connectivity index (χ0v) is 19.7. The second-order valence-corrected chi connectivity index (χ2v) is 9.43. The Labute approximate surface area is 195 Å². The molecule has 0 saturated carbocycles. The molecule has 1 N–H and O–H groups in total. The third-order valence-electron chi connectivity index (χ3n) is 7.01. The first kappa shape index (κ1) is 21.7. The number of H-pyrrole nitrogens is 1. The summed E-state index contributed by atoms with van der Waals surface area (Å²) in [5.41, 5.74) is 7.60. The summed E-state index contributed by atoms with van der Waals surface area (Å²) >= 11 is 0. The molecular formula is C29H32FN3. The van der Waals surface area contributed by atoms with E-state index in [-0.39, 0.29) is 11.9 Å². The summed E-state index contributed by atoms with van der Waals surface area (Å²) < 4.78 is 13.4. The van der Waals surface area contributed by atoms with E-state index in [1.807, 2.05) is 12.1 Å². The Kier molecular flexibility index (Phi) is 5.94. The summed E-state index contributed by atoms with van der Waals surface area (Å²) in [7, 11) is 0. The summed E-state index contributed by atoms with van der Waals surface area (Å²) in [4.78, 5) is 8.58. The molecule has 5 rings (SSSR count). The van der Waals surface area contributed by atoms with Crippen LogP contribution >= 0.6 is 0 Å². The number of benzene rings is 3. The van der Waals surface area contributed by atoms with E-state index in [9.17, 15) is 4.39 Å². The summed E-state index contributed by atoms with van der Waals surface area (Å²) in [6.45, 7) is 10.4. The average Bonchev–Trinajstić information content (AvgIpc) is 3.16. The molecule has 1 aromatic heterocycles. The molecule has 33 heavy (non-hydrogen) atoms. The van der Waals surface area contributed by atoms with E-state index in [2.05, 4.69) is 84.1 Å². The topological polar surface area (TPSA) is 22.3 Å². The van der Waals surface area contributed by atoms with Gasteiger partial charge in [0.15, 0.2) is 0 Å². The molecule has 170 valence electrons. The number of rotatable bonds is 5. The number of nitrogens with one attached hydrogen (secondary N) is 1. The van der Waals surface area contributed by atoms with Gasteiger partial charge in [-0.2, -0.15) is 0 Å². The van der Waals surface area contributed by atoms with Crippen molar-refractivity contribution in [3.05, 3.63) is 101 Å². The van der Waals surface area contributed by atoms with Crippen molar-refractivity contribution in [3.8, 4) is 0 Å². The molecule has 1 aliphatic heterocycles. The molecule has 0 amide bonds. The van der Waals surface area contributed by atoms with Crippen LogP contribution in [0.15, 0.2) is 72.8 Å². The summed E-state index contributed by atoms with van der Waals surface area (Å²) in [6.07, 6.45) is 0. The Balaban J connectivity index is 1.49. The normalized spacial score (nSPS) is 16.0. The monoisotopic (exact) mass is 441 g/mol. The minimum Gasteiger partial charge on any atom is -0.369 e. The molecule has 0 unspecified atom stereocenters. The molecule has 3 nitrogen and oxygen atoms in total. The van der Waals surface area contributed by atoms with Gasteiger partial charge in [0.05, 0.1) is 6.04 Å². The number of aromatic amines is 1. The highest BCUT2D eigenvalue weighted by atomic mass is 19.1. The van der Waals surface area contributed by atoms with E-state index in [0.717, 1.165) is 31.9 Å². The highest BCUT2D eigenvalue weighted by Crippen LogP contribution is 2.37. The van der Waals surface area contributed by atoms with Crippen molar-refractivity contribution in [2.75, 3.05) is 31.1 Å². The van der Waals surface area contributed by atoms with Gasteiger partial charge in [0.1, 0.15) is 5.82 Å². The van der Waals surface area contributed by atoms with Gasteiger partial charge in [0.25, 0.3) is 0 Å². The van der Waals surface area contributed by atoms with Gasteiger partial charge in [0, 0.05) is 54.0 Å². The predicted molar refractivity (Wildman–Crippen MR) is 136 cm³/mol. The second-order valence-electron chi connectivity index (χ2n) is 9.43. The van der Waals surface area contributed by atoms with Gasteiger partial charge >= 0.3 is 0 Å². The predicted octanol–water partition coefficient (Wildman–Crippen LogP) is 6.65. The van der Waals surface area contributed by atoms with Crippen molar-refractivity contribution in [3.63, 3.8) is 0 Å². The van der Waals surface area contributed by atoms with E-state index >= 15 is 0 Å². The molecule has 1 atom stereocenters. The number of anilines is 1. The Morgan fingerprint density at radius 1 is 0.788 bits per heavy atom. The largest absolute Gasteiger partial charge is 0.369 e. The van der Waals surface area contributed by atoms with Crippen LogP contribution in [0.4, 0.5) is 10.1 Å². The van der Waals surface area contributed by atoms with Gasteiger partial charge in [-0.3, -0.25) is 4.90 Å². The fraction of sp³-hybridized carbons (Fsp3) is 0.310. The molecule has 4 aromatic rings. The fourth-order valence-corrected chi connectivity index (χ4v) is 5.16. The molecule has 0 bridgehead atoms. The quantitative estimate of drug-likeness (QED) is 0.375. The third-order valence-corrected chi connectivity index (χ3v) is 7.01. The van der Waals surface area contributed by atoms with Crippen molar-refractivity contribution in [1.82, 2.24) is 9.88 Å². The first-order valence-electron chi connectivity index (χ1n) is 11.9. The zero-order valence-electron chi connectivity index (χ0n) is 19.7. The van der Waals surface area contributed by atoms with Crippen LogP contribution in [-0.2, 0) is 0 Å². The van der Waals surface area contributed by atoms with E-state index in [1.54, 1.807) is 12.1 Å². The standard InChI is InChI=1S/C29H32FN3/c1-20(2)22-8-10-23(11-9-22)29(28-21(3)31-27-7-5-4-6-26(27)28)33-18-16-32(17-19-33)25-14-12-24(30)13-15-25/h4-15,20,29,31H,16-19H2,1-3H3/t29-/m0/s1. The highest BCUT2D eigenvalue weighted by molar-refractivity contribution is 5.85. The highest BCUT2D eigenvalue weighted by Gasteiger charge is 2.30. The van der Waals surface area contributed by atoms with Crippen LogP contribution in [-0.4, -0.2) is 36.1 Å². The number of nitrogens with zero attached hydrogens (tertiary/aromatic N) is 2. The smallest absolute Gasteiger partial charge is 0.123 e. The number of aryl methyl sites for hydroxylation is 1. The first-order chi connectivity index (χ1) is 16.0. The second kappa shape index (κ2) is 9.03. The number of hydrogen-bond donors (Lipinski definition) is 1. The lowest BCUT2D eigenvalue weighted by Gasteiger charge is -2.41. The molecule has 1 aliphatic rings. The van der Waals surface area contributed by atoms with Crippen LogP contribution in [0.2, 0.25) is 0 Å². The van der Waals surface area contributed by atoms with Crippen LogP contribution in [0, 0.1) is 12.7 Å². The minimum absolute atomic E-state index is 0.183. The van der Waals surface area contributed by atoms with Gasteiger partial charge < -0.3 is 9.88 Å². The summed E-state index contributed by atoms with van der Waals surface area (Å²) in [6, 6.07) is 24.9. The maximum absolute atomic E-state index is 13.4. The average molecular weight is 442 g/mol. The van der Waals surface area contributed by atoms with Crippen molar-refractivity contribution in [1.29, 1.82) is 0 Å². The molecule has 0 spiro atoms. The van der Waals surface area contributed by atoms with Crippen molar-refractivity contribution in [2.45, 2.75) is 32.7 Å². The summed E-state index contributed by atoms with van der Waals surface area (Å²) in [5.74, 6) is 0.337. The number of piperazine rings is 1. The number of para-hydroxylation sites is 1. The van der Waals surface area contributed by atoms with Crippen molar-refractivity contribution in [2.24, 2.45) is 0 Å². The van der Waals surface area contributed by atoms with Gasteiger partial charge in [-0.1, -0.05) is 56.3 Å². The molecule has 0 aliphatic carbocycles. The molecule has 1 fully saturated rings. The van der Waals surface area contributed by atoms with Gasteiger partial charge in [-0.15, -0.1) is 0 Å². The molecule has 1 saturated heterocycles. The number of aromatic nitrogens is 1. The first-order valence-corrected chi connectivity index (χ1v) is 11.9. The lowest BCUT2D eigenvalue weighted by molar-refractivity contribution is 0.213. The van der Waals surface area contributed by atoms with E-state index < -0.39 is 0 Å². The van der Waals surface area contributed by atoms with Crippen LogP contribution in [0.5, 0.6) is 0 Å². The van der Waals surface area contributed by atoms with Crippen molar-refractivity contribution < 1.29 is 4.39 Å².